The number of pyridine rings is 1. The fourth-order valence-corrected chi connectivity index (χ4v) is 13.6. The van der Waals surface area contributed by atoms with Crippen LogP contribution in [-0.2, 0) is 30.2 Å². The lowest BCUT2D eigenvalue weighted by Crippen LogP contribution is -2.55. The largest absolute Gasteiger partial charge is 0.479 e. The second-order valence-electron chi connectivity index (χ2n) is 18.7. The van der Waals surface area contributed by atoms with Gasteiger partial charge >= 0.3 is 5.97 Å². The molecular formula is C53H62ClN7O9S2. The van der Waals surface area contributed by atoms with Crippen LogP contribution in [0.1, 0.15) is 91.6 Å². The van der Waals surface area contributed by atoms with Crippen LogP contribution in [0.4, 0.5) is 17.2 Å². The third-order valence-electron chi connectivity index (χ3n) is 13.5. The van der Waals surface area contributed by atoms with Crippen molar-refractivity contribution in [3.63, 3.8) is 0 Å². The number of amides is 2. The first-order chi connectivity index (χ1) is 34.5. The second-order valence-corrected chi connectivity index (χ2v) is 22.0. The number of ether oxygens (including phenoxy) is 1. The summed E-state index contributed by atoms with van der Waals surface area (Å²) >= 11 is 8.06. The maximum Gasteiger partial charge on any atom is 0.341 e. The lowest BCUT2D eigenvalue weighted by Gasteiger charge is -2.45. The van der Waals surface area contributed by atoms with Crippen LogP contribution in [0, 0.1) is 0 Å². The van der Waals surface area contributed by atoms with Crippen LogP contribution >= 0.6 is 22.9 Å². The highest BCUT2D eigenvalue weighted by Gasteiger charge is 2.42. The fraction of sp³-hybridized carbons (Fsp3) is 0.377. The number of carboxylic acid groups (broad SMARTS) is 1. The molecule has 4 N–H and O–H groups in total. The van der Waals surface area contributed by atoms with Crippen molar-refractivity contribution in [2.75, 3.05) is 55.5 Å². The molecule has 2 aliphatic heterocycles. The maximum absolute atomic E-state index is 14.2. The van der Waals surface area contributed by atoms with Gasteiger partial charge in [0.25, 0.3) is 0 Å². The zero-order chi connectivity index (χ0) is 51.9. The minimum absolute atomic E-state index is 0.00478. The van der Waals surface area contributed by atoms with E-state index in [2.05, 4.69) is 28.2 Å². The summed E-state index contributed by atoms with van der Waals surface area (Å²) in [5.74, 6) is -0.350. The summed E-state index contributed by atoms with van der Waals surface area (Å²) in [6.45, 7) is 11.0. The number of aromatic nitrogens is 2. The van der Waals surface area contributed by atoms with E-state index < -0.39 is 34.2 Å². The number of likely N-dealkylation sites (N-methyl/N-ethyl adjacent to an activating group) is 1. The molecule has 8 rings (SSSR count). The van der Waals surface area contributed by atoms with E-state index in [0.717, 1.165) is 95.2 Å². The summed E-state index contributed by atoms with van der Waals surface area (Å²) in [7, 11) is -0.899. The summed E-state index contributed by atoms with van der Waals surface area (Å²) < 4.78 is 37.2. The molecule has 6 aromatic rings. The Balaban J connectivity index is 0.00000376. The Labute approximate surface area is 429 Å². The van der Waals surface area contributed by atoms with Gasteiger partial charge in [-0.25, -0.2) is 17.7 Å². The van der Waals surface area contributed by atoms with Crippen LogP contribution in [0.2, 0.25) is 5.02 Å². The van der Waals surface area contributed by atoms with Crippen LogP contribution in [0.25, 0.3) is 32.8 Å². The number of rotatable bonds is 19. The molecule has 0 bridgehead atoms. The number of carbonyl (C=O) groups is 4. The van der Waals surface area contributed by atoms with Gasteiger partial charge in [0, 0.05) is 80.0 Å². The lowest BCUT2D eigenvalue weighted by atomic mass is 9.85. The van der Waals surface area contributed by atoms with Gasteiger partial charge in [-0.2, -0.15) is 9.40 Å². The second kappa shape index (κ2) is 23.1. The summed E-state index contributed by atoms with van der Waals surface area (Å²) in [6, 6.07) is 22.8. The highest BCUT2D eigenvalue weighted by atomic mass is 35.5. The Bertz CT molecular complexity index is 3080. The Kier molecular flexibility index (Phi) is 17.1. The number of piperidine rings is 2. The van der Waals surface area contributed by atoms with E-state index in [1.54, 1.807) is 27.2 Å². The van der Waals surface area contributed by atoms with E-state index in [4.69, 9.17) is 31.6 Å². The van der Waals surface area contributed by atoms with Gasteiger partial charge in [-0.1, -0.05) is 74.0 Å². The highest BCUT2D eigenvalue weighted by Crippen LogP contribution is 2.47. The molecule has 0 spiro atoms. The van der Waals surface area contributed by atoms with Gasteiger partial charge in [0.1, 0.15) is 11.1 Å². The summed E-state index contributed by atoms with van der Waals surface area (Å²) in [5, 5.41) is 29.0. The van der Waals surface area contributed by atoms with E-state index in [-0.39, 0.29) is 29.4 Å². The van der Waals surface area contributed by atoms with Gasteiger partial charge in [-0.05, 0) is 104 Å². The number of aldehydes is 1. The van der Waals surface area contributed by atoms with Crippen molar-refractivity contribution in [1.29, 1.82) is 0 Å². The number of carbonyl (C=O) groups excluding carboxylic acids is 3. The first-order valence-electron chi connectivity index (χ1n) is 23.9. The zero-order valence-corrected chi connectivity index (χ0v) is 43.5. The molecule has 72 heavy (non-hydrogen) atoms. The van der Waals surface area contributed by atoms with Crippen molar-refractivity contribution >= 4 is 97.1 Å². The molecule has 2 aliphatic rings. The number of thiophene rings is 1. The summed E-state index contributed by atoms with van der Waals surface area (Å²) in [4.78, 5) is 53.2. The van der Waals surface area contributed by atoms with E-state index in [1.165, 1.54) is 11.3 Å². The molecular weight excluding hydrogens is 978 g/mol. The third kappa shape index (κ3) is 11.5. The molecule has 5 heterocycles. The molecule has 3 aromatic carbocycles. The molecule has 2 unspecified atom stereocenters. The number of benzene rings is 3. The van der Waals surface area contributed by atoms with Crippen molar-refractivity contribution in [3.05, 3.63) is 112 Å². The Morgan fingerprint density at radius 2 is 1.79 bits per heavy atom. The molecule has 0 aliphatic carbocycles. The van der Waals surface area contributed by atoms with E-state index in [9.17, 15) is 27.6 Å². The van der Waals surface area contributed by atoms with Gasteiger partial charge in [0.2, 0.25) is 22.3 Å². The van der Waals surface area contributed by atoms with Crippen LogP contribution < -0.4 is 25.2 Å². The number of hydrogen-bond donors (Lipinski definition) is 4. The van der Waals surface area contributed by atoms with Crippen LogP contribution in [0.5, 0.6) is 5.75 Å². The molecule has 0 radical (unpaired) electrons. The van der Waals surface area contributed by atoms with Gasteiger partial charge in [0.15, 0.2) is 24.5 Å². The van der Waals surface area contributed by atoms with Gasteiger partial charge in [-0.15, -0.1) is 11.3 Å². The van der Waals surface area contributed by atoms with Gasteiger partial charge < -0.3 is 30.1 Å². The molecule has 3 aromatic heterocycles. The van der Waals surface area contributed by atoms with Gasteiger partial charge in [0.05, 0.1) is 21.0 Å². The molecule has 2 fully saturated rings. The van der Waals surface area contributed by atoms with Crippen molar-refractivity contribution in [3.8, 4) is 16.2 Å². The number of hydrogen-bond acceptors (Lipinski definition) is 13. The van der Waals surface area contributed by atoms with Crippen LogP contribution in [0.3, 0.4) is 0 Å². The first kappa shape index (κ1) is 53.5. The number of sulfonamides is 1. The van der Waals surface area contributed by atoms with Crippen molar-refractivity contribution in [2.24, 2.45) is 0 Å². The smallest absolute Gasteiger partial charge is 0.341 e. The SMILES string of the molecule is C=Cc1sc(-c2cccc(NC3CCN(S(=O)(=O)Cc4ccc5cc(N6CCC(c7ccc(N(C)C(CCC)C(=O)NC=O)c8c(C=O)cccc78)CC6)nn5c4)C(C)(C)C3)c2)c(Cl)c1OCC(=O)O.CO. The summed E-state index contributed by atoms with van der Waals surface area (Å²) in [6.07, 6.45) is 8.78. The molecule has 382 valence electrons. The number of carboxylic acids is 1. The number of aliphatic hydroxyl groups excluding tert-OH is 1. The third-order valence-corrected chi connectivity index (χ3v) is 17.3. The molecule has 19 heteroatoms. The zero-order valence-electron chi connectivity index (χ0n) is 41.1. The minimum Gasteiger partial charge on any atom is -0.479 e. The Hall–Kier alpha value is -6.31. The molecule has 16 nitrogen and oxygen atoms in total. The number of nitrogens with zero attached hydrogens (tertiary/aromatic N) is 5. The average Bonchev–Trinajstić information content (AvgIpc) is 3.94. The number of aliphatic carboxylic acids is 1. The number of anilines is 3. The van der Waals surface area contributed by atoms with Crippen LogP contribution in [0.15, 0.2) is 85.6 Å². The standard InChI is InChI=1S/C52H58ClN7O8S2.CH4O/c1-6-10-43(51(65)54-32-62)57(5)42-18-17-40(41-14-9-12-36(29-61)47(41)42)34-19-22-58(23-20-34)45-26-39-16-15-33(28-59(39)56-45)31-70(66,67)60-24-21-38(27-52(60,3)4)55-37-13-8-11-35(25-37)50-48(53)49(44(7-2)69-50)68-30-46(63)64;1-2/h7-9,11-18,25-26,28-29,32,34,38,43,55H,2,6,10,19-24,27,30-31H2,1,3-5H3,(H,63,64)(H,54,62,65);2H,1H3. The number of fused-ring (bicyclic) bond motifs is 2. The number of imide groups is 1. The monoisotopic (exact) mass is 1040 g/mol. The lowest BCUT2D eigenvalue weighted by molar-refractivity contribution is -0.139. The quantitative estimate of drug-likeness (QED) is 0.0561. The van der Waals surface area contributed by atoms with E-state index in [0.29, 0.717) is 53.2 Å². The number of halogens is 1. The van der Waals surface area contributed by atoms with E-state index >= 15 is 0 Å². The van der Waals surface area contributed by atoms with Crippen LogP contribution in [-0.4, -0.2) is 115 Å². The Morgan fingerprint density at radius 1 is 1.04 bits per heavy atom. The minimum atomic E-state index is -3.73. The topological polar surface area (TPSA) is 203 Å². The first-order valence-corrected chi connectivity index (χ1v) is 26.7. The molecule has 2 amide bonds. The fourth-order valence-electron chi connectivity index (χ4n) is 10.3. The normalized spacial score (nSPS) is 16.6. The number of nitrogens with one attached hydrogen (secondary N) is 2. The van der Waals surface area contributed by atoms with Gasteiger partial charge in [-0.3, -0.25) is 19.7 Å². The van der Waals surface area contributed by atoms with Crippen molar-refractivity contribution in [1.82, 2.24) is 19.2 Å². The predicted octanol–water partition coefficient (Wildman–Crippen LogP) is 8.84. The molecule has 2 atom stereocenters. The van der Waals surface area contributed by atoms with Crippen molar-refractivity contribution < 1.29 is 42.5 Å². The maximum atomic E-state index is 14.2. The Morgan fingerprint density at radius 3 is 2.47 bits per heavy atom. The van der Waals surface area contributed by atoms with E-state index in [1.807, 2.05) is 93.4 Å². The summed E-state index contributed by atoms with van der Waals surface area (Å²) in [5.41, 5.74) is 4.93. The predicted molar refractivity (Wildman–Crippen MR) is 286 cm³/mol. The molecule has 2 saturated heterocycles. The molecule has 0 saturated carbocycles. The average molecular weight is 1040 g/mol. The number of aliphatic hydroxyl groups is 1. The highest BCUT2D eigenvalue weighted by molar-refractivity contribution is 7.88. The van der Waals surface area contributed by atoms with Crippen molar-refractivity contribution in [2.45, 2.75) is 88.6 Å².